The Bertz CT molecular complexity index is 582. The van der Waals surface area contributed by atoms with Gasteiger partial charge in [0.15, 0.2) is 0 Å². The lowest BCUT2D eigenvalue weighted by molar-refractivity contribution is 0.0697. The van der Waals surface area contributed by atoms with Gasteiger partial charge < -0.3 is 14.8 Å². The van der Waals surface area contributed by atoms with Crippen molar-refractivity contribution in [2.75, 3.05) is 7.11 Å². The van der Waals surface area contributed by atoms with Crippen molar-refractivity contribution in [2.45, 2.75) is 13.8 Å². The molecule has 2 N–H and O–H groups in total. The van der Waals surface area contributed by atoms with E-state index < -0.39 is 5.97 Å². The number of ether oxygens (including phenoxy) is 1. The molecule has 0 atom stereocenters. The SMILES string of the molecule is COc1ccc(-c2c(C)[nH]c(C)c2C(=O)O)cc1. The highest BCUT2D eigenvalue weighted by Gasteiger charge is 2.19. The molecule has 0 saturated heterocycles. The van der Waals surface area contributed by atoms with Crippen molar-refractivity contribution < 1.29 is 14.6 Å². The molecule has 1 aromatic carbocycles. The van der Waals surface area contributed by atoms with Crippen molar-refractivity contribution in [1.29, 1.82) is 0 Å². The molecule has 1 aromatic heterocycles. The van der Waals surface area contributed by atoms with Gasteiger partial charge >= 0.3 is 5.97 Å². The molecular weight excluding hydrogens is 230 g/mol. The van der Waals surface area contributed by atoms with E-state index in [2.05, 4.69) is 4.98 Å². The molecule has 94 valence electrons. The van der Waals surface area contributed by atoms with Crippen LogP contribution in [0.5, 0.6) is 5.75 Å². The zero-order valence-electron chi connectivity index (χ0n) is 10.6. The maximum atomic E-state index is 11.3. The molecule has 1 heterocycles. The molecule has 2 aromatic rings. The third-order valence-electron chi connectivity index (χ3n) is 2.97. The van der Waals surface area contributed by atoms with Gasteiger partial charge in [-0.05, 0) is 31.5 Å². The molecule has 0 saturated carbocycles. The number of benzene rings is 1. The van der Waals surface area contributed by atoms with Gasteiger partial charge in [0.05, 0.1) is 12.7 Å². The van der Waals surface area contributed by atoms with Gasteiger partial charge in [-0.1, -0.05) is 12.1 Å². The number of aromatic nitrogens is 1. The molecule has 0 amide bonds. The Morgan fingerprint density at radius 3 is 2.28 bits per heavy atom. The van der Waals surface area contributed by atoms with E-state index >= 15 is 0 Å². The van der Waals surface area contributed by atoms with E-state index in [4.69, 9.17) is 4.74 Å². The molecule has 0 radical (unpaired) electrons. The number of carbonyl (C=O) groups is 1. The van der Waals surface area contributed by atoms with E-state index in [0.717, 1.165) is 22.6 Å². The summed E-state index contributed by atoms with van der Waals surface area (Å²) in [5.74, 6) is -0.164. The summed E-state index contributed by atoms with van der Waals surface area (Å²) in [4.78, 5) is 14.4. The average molecular weight is 245 g/mol. The van der Waals surface area contributed by atoms with Crippen LogP contribution in [0.25, 0.3) is 11.1 Å². The molecule has 0 spiro atoms. The third kappa shape index (κ3) is 1.97. The minimum absolute atomic E-state index is 0.331. The quantitative estimate of drug-likeness (QED) is 0.873. The maximum Gasteiger partial charge on any atom is 0.338 e. The number of hydrogen-bond donors (Lipinski definition) is 2. The molecule has 0 aliphatic carbocycles. The van der Waals surface area contributed by atoms with Crippen molar-refractivity contribution in [3.05, 3.63) is 41.2 Å². The van der Waals surface area contributed by atoms with Gasteiger partial charge in [0.2, 0.25) is 0 Å². The smallest absolute Gasteiger partial charge is 0.338 e. The van der Waals surface area contributed by atoms with Gasteiger partial charge in [0.1, 0.15) is 5.75 Å². The first-order valence-electron chi connectivity index (χ1n) is 5.61. The molecule has 0 unspecified atom stereocenters. The summed E-state index contributed by atoms with van der Waals surface area (Å²) in [5.41, 5.74) is 3.47. The molecule has 0 aliphatic heterocycles. The summed E-state index contributed by atoms with van der Waals surface area (Å²) < 4.78 is 5.09. The molecule has 0 aliphatic rings. The topological polar surface area (TPSA) is 62.3 Å². The largest absolute Gasteiger partial charge is 0.497 e. The van der Waals surface area contributed by atoms with Crippen LogP contribution in [0.4, 0.5) is 0 Å². The van der Waals surface area contributed by atoms with Gasteiger partial charge in [-0.25, -0.2) is 4.79 Å². The molecule has 0 fully saturated rings. The Morgan fingerprint density at radius 2 is 1.78 bits per heavy atom. The van der Waals surface area contributed by atoms with Crippen molar-refractivity contribution in [3.63, 3.8) is 0 Å². The number of hydrogen-bond acceptors (Lipinski definition) is 2. The second-order valence-electron chi connectivity index (χ2n) is 4.16. The van der Waals surface area contributed by atoms with Crippen LogP contribution in [-0.4, -0.2) is 23.2 Å². The Morgan fingerprint density at radius 1 is 1.17 bits per heavy atom. The van der Waals surface area contributed by atoms with E-state index in [-0.39, 0.29) is 0 Å². The van der Waals surface area contributed by atoms with E-state index in [1.54, 1.807) is 14.0 Å². The van der Waals surface area contributed by atoms with Crippen molar-refractivity contribution >= 4 is 5.97 Å². The van der Waals surface area contributed by atoms with Crippen LogP contribution in [0.2, 0.25) is 0 Å². The fourth-order valence-electron chi connectivity index (χ4n) is 2.17. The molecule has 4 nitrogen and oxygen atoms in total. The number of aromatic amines is 1. The van der Waals surface area contributed by atoms with E-state index in [1.807, 2.05) is 31.2 Å². The van der Waals surface area contributed by atoms with E-state index in [1.165, 1.54) is 0 Å². The summed E-state index contributed by atoms with van der Waals surface area (Å²) >= 11 is 0. The molecule has 4 heteroatoms. The van der Waals surface area contributed by atoms with Crippen molar-refractivity contribution in [1.82, 2.24) is 4.98 Å². The van der Waals surface area contributed by atoms with Crippen LogP contribution < -0.4 is 4.74 Å². The number of aromatic carboxylic acids is 1. The van der Waals surface area contributed by atoms with Crippen LogP contribution >= 0.6 is 0 Å². The van der Waals surface area contributed by atoms with E-state index in [0.29, 0.717) is 11.3 Å². The highest BCUT2D eigenvalue weighted by molar-refractivity contribution is 5.98. The van der Waals surface area contributed by atoms with Crippen molar-refractivity contribution in [2.24, 2.45) is 0 Å². The monoisotopic (exact) mass is 245 g/mol. The highest BCUT2D eigenvalue weighted by Crippen LogP contribution is 2.31. The fraction of sp³-hybridized carbons (Fsp3) is 0.214. The molecule has 2 rings (SSSR count). The van der Waals surface area contributed by atoms with Gasteiger partial charge in [-0.15, -0.1) is 0 Å². The summed E-state index contributed by atoms with van der Waals surface area (Å²) in [6.45, 7) is 3.64. The Kier molecular flexibility index (Phi) is 3.10. The minimum Gasteiger partial charge on any atom is -0.497 e. The summed E-state index contributed by atoms with van der Waals surface area (Å²) in [6.07, 6.45) is 0. The van der Waals surface area contributed by atoms with Crippen LogP contribution in [0.3, 0.4) is 0 Å². The Hall–Kier alpha value is -2.23. The summed E-state index contributed by atoms with van der Waals surface area (Å²) in [5, 5.41) is 9.28. The fourth-order valence-corrected chi connectivity index (χ4v) is 2.17. The molecular formula is C14H15NO3. The first-order valence-corrected chi connectivity index (χ1v) is 5.61. The number of nitrogens with one attached hydrogen (secondary N) is 1. The predicted molar refractivity (Wildman–Crippen MR) is 69.2 cm³/mol. The minimum atomic E-state index is -0.914. The number of carboxylic acid groups (broad SMARTS) is 1. The highest BCUT2D eigenvalue weighted by atomic mass is 16.5. The summed E-state index contributed by atoms with van der Waals surface area (Å²) in [6, 6.07) is 7.37. The van der Waals surface area contributed by atoms with E-state index in [9.17, 15) is 9.90 Å². The Balaban J connectivity index is 2.59. The lowest BCUT2D eigenvalue weighted by Gasteiger charge is -2.05. The molecule has 0 bridgehead atoms. The summed E-state index contributed by atoms with van der Waals surface area (Å²) in [7, 11) is 1.60. The van der Waals surface area contributed by atoms with Crippen LogP contribution in [0, 0.1) is 13.8 Å². The number of aryl methyl sites for hydroxylation is 2. The van der Waals surface area contributed by atoms with Gasteiger partial charge in [0, 0.05) is 17.0 Å². The standard InChI is InChI=1S/C14H15NO3/c1-8-12(13(14(16)17)9(2)15-8)10-4-6-11(18-3)7-5-10/h4-7,15H,1-3H3,(H,16,17). The number of H-pyrrole nitrogens is 1. The average Bonchev–Trinajstić information content (AvgIpc) is 2.64. The van der Waals surface area contributed by atoms with Crippen LogP contribution in [0.1, 0.15) is 21.7 Å². The molecule has 18 heavy (non-hydrogen) atoms. The zero-order valence-corrected chi connectivity index (χ0v) is 10.6. The predicted octanol–water partition coefficient (Wildman–Crippen LogP) is 3.01. The van der Waals surface area contributed by atoms with Crippen LogP contribution in [-0.2, 0) is 0 Å². The van der Waals surface area contributed by atoms with Crippen LogP contribution in [0.15, 0.2) is 24.3 Å². The normalized spacial score (nSPS) is 10.4. The lowest BCUT2D eigenvalue weighted by Crippen LogP contribution is -1.99. The zero-order chi connectivity index (χ0) is 13.3. The number of rotatable bonds is 3. The maximum absolute atomic E-state index is 11.3. The number of methoxy groups -OCH3 is 1. The second-order valence-corrected chi connectivity index (χ2v) is 4.16. The first-order chi connectivity index (χ1) is 8.54. The van der Waals surface area contributed by atoms with Crippen molar-refractivity contribution in [3.8, 4) is 16.9 Å². The van der Waals surface area contributed by atoms with Gasteiger partial charge in [-0.3, -0.25) is 0 Å². The van der Waals surface area contributed by atoms with Gasteiger partial charge in [0.25, 0.3) is 0 Å². The Labute approximate surface area is 105 Å². The third-order valence-corrected chi connectivity index (χ3v) is 2.97. The first kappa shape index (κ1) is 12.2. The number of carboxylic acids is 1. The second kappa shape index (κ2) is 4.56. The van der Waals surface area contributed by atoms with Gasteiger partial charge in [-0.2, -0.15) is 0 Å². The lowest BCUT2D eigenvalue weighted by atomic mass is 10.0.